The molecule has 0 fully saturated rings. The van der Waals surface area contributed by atoms with Crippen molar-refractivity contribution in [1.29, 1.82) is 0 Å². The first kappa shape index (κ1) is 28.3. The first-order valence-electron chi connectivity index (χ1n) is 15.5. The fourth-order valence-electron chi connectivity index (χ4n) is 6.67. The standard InChI is InChI=1S/C39H36N6/c1-25(31-22-10-16-28-13-4-7-19-34(28)31)41-38-42-37(40)43-39(44-38)45(26(2)32-23-11-17-29-14-5-8-20-35(29)32)27(3)33-24-12-18-30-15-6-9-21-36(30)33/h4-27H,1-3H3,(H3,40,41,42,43,44)/t25-,26-,27+/m1/s1. The van der Waals surface area contributed by atoms with E-state index in [9.17, 15) is 0 Å². The van der Waals surface area contributed by atoms with Crippen molar-refractivity contribution >= 4 is 50.2 Å². The Morgan fingerprint density at radius 3 is 1.44 bits per heavy atom. The Hall–Kier alpha value is -5.49. The molecule has 0 radical (unpaired) electrons. The van der Waals surface area contributed by atoms with Crippen molar-refractivity contribution in [3.8, 4) is 0 Å². The molecule has 0 unspecified atom stereocenters. The molecule has 1 aromatic heterocycles. The van der Waals surface area contributed by atoms with Crippen LogP contribution in [-0.2, 0) is 0 Å². The van der Waals surface area contributed by atoms with Crippen LogP contribution in [0, 0.1) is 0 Å². The van der Waals surface area contributed by atoms with Crippen LogP contribution in [0.1, 0.15) is 55.6 Å². The predicted molar refractivity (Wildman–Crippen MR) is 187 cm³/mol. The van der Waals surface area contributed by atoms with Crippen molar-refractivity contribution in [1.82, 2.24) is 15.0 Å². The lowest BCUT2D eigenvalue weighted by atomic mass is 9.94. The van der Waals surface area contributed by atoms with Gasteiger partial charge >= 0.3 is 0 Å². The van der Waals surface area contributed by atoms with Gasteiger partial charge in [0.2, 0.25) is 17.8 Å². The lowest BCUT2D eigenvalue weighted by Crippen LogP contribution is -2.32. The molecular weight excluding hydrogens is 552 g/mol. The Bertz CT molecular complexity index is 2040. The topological polar surface area (TPSA) is 80.0 Å². The lowest BCUT2D eigenvalue weighted by Gasteiger charge is -2.36. The molecule has 7 rings (SSSR count). The van der Waals surface area contributed by atoms with Crippen molar-refractivity contribution in [3.05, 3.63) is 144 Å². The van der Waals surface area contributed by atoms with Gasteiger partial charge in [-0.3, -0.25) is 0 Å². The molecule has 3 atom stereocenters. The number of hydrogen-bond acceptors (Lipinski definition) is 6. The third kappa shape index (κ3) is 5.40. The molecule has 7 aromatic rings. The van der Waals surface area contributed by atoms with E-state index in [2.05, 4.69) is 163 Å². The van der Waals surface area contributed by atoms with Crippen LogP contribution in [0.3, 0.4) is 0 Å². The quantitative estimate of drug-likeness (QED) is 0.184. The van der Waals surface area contributed by atoms with Crippen LogP contribution in [-0.4, -0.2) is 15.0 Å². The number of fused-ring (bicyclic) bond motifs is 3. The summed E-state index contributed by atoms with van der Waals surface area (Å²) in [5.74, 6) is 1.14. The molecule has 3 N–H and O–H groups in total. The van der Waals surface area contributed by atoms with Crippen LogP contribution in [0.5, 0.6) is 0 Å². The molecule has 0 aliphatic rings. The van der Waals surface area contributed by atoms with Gasteiger partial charge in [-0.15, -0.1) is 0 Å². The maximum atomic E-state index is 6.43. The second-order valence-electron chi connectivity index (χ2n) is 11.6. The van der Waals surface area contributed by atoms with E-state index < -0.39 is 0 Å². The smallest absolute Gasteiger partial charge is 0.232 e. The summed E-state index contributed by atoms with van der Waals surface area (Å²) in [6.07, 6.45) is 0. The van der Waals surface area contributed by atoms with E-state index >= 15 is 0 Å². The first-order valence-corrected chi connectivity index (χ1v) is 15.5. The van der Waals surface area contributed by atoms with Crippen LogP contribution in [0.15, 0.2) is 127 Å². The van der Waals surface area contributed by atoms with Crippen molar-refractivity contribution in [3.63, 3.8) is 0 Å². The zero-order chi connectivity index (χ0) is 30.9. The Morgan fingerprint density at radius 1 is 0.511 bits per heavy atom. The molecule has 6 aromatic carbocycles. The van der Waals surface area contributed by atoms with Gasteiger partial charge < -0.3 is 16.0 Å². The van der Waals surface area contributed by atoms with E-state index in [1.807, 2.05) is 0 Å². The van der Waals surface area contributed by atoms with Gasteiger partial charge in [0.25, 0.3) is 0 Å². The van der Waals surface area contributed by atoms with Gasteiger partial charge in [-0.05, 0) is 69.8 Å². The van der Waals surface area contributed by atoms with Crippen molar-refractivity contribution in [2.45, 2.75) is 38.9 Å². The normalized spacial score (nSPS) is 13.5. The van der Waals surface area contributed by atoms with Gasteiger partial charge in [-0.2, -0.15) is 15.0 Å². The number of hydrogen-bond donors (Lipinski definition) is 2. The largest absolute Gasteiger partial charge is 0.368 e. The molecule has 0 saturated heterocycles. The summed E-state index contributed by atoms with van der Waals surface area (Å²) in [4.78, 5) is 16.6. The van der Waals surface area contributed by atoms with E-state index in [4.69, 9.17) is 15.7 Å². The number of aromatic nitrogens is 3. The van der Waals surface area contributed by atoms with Gasteiger partial charge in [-0.25, -0.2) is 0 Å². The number of rotatable bonds is 8. The van der Waals surface area contributed by atoms with Gasteiger partial charge in [0.15, 0.2) is 0 Å². The Labute approximate surface area is 263 Å². The molecule has 0 bridgehead atoms. The second-order valence-corrected chi connectivity index (χ2v) is 11.6. The molecule has 0 aliphatic carbocycles. The molecule has 45 heavy (non-hydrogen) atoms. The maximum absolute atomic E-state index is 6.43. The summed E-state index contributed by atoms with van der Waals surface area (Å²) >= 11 is 0. The zero-order valence-corrected chi connectivity index (χ0v) is 25.7. The molecule has 6 nitrogen and oxygen atoms in total. The number of nitrogens with one attached hydrogen (secondary N) is 1. The number of nitrogens with zero attached hydrogens (tertiary/aromatic N) is 4. The number of benzene rings is 6. The second kappa shape index (κ2) is 11.9. The summed E-state index contributed by atoms with van der Waals surface area (Å²) in [5.41, 5.74) is 9.98. The fraction of sp³-hybridized carbons (Fsp3) is 0.154. The third-order valence-electron chi connectivity index (χ3n) is 8.89. The Kier molecular flexibility index (Phi) is 7.47. The van der Waals surface area contributed by atoms with Crippen molar-refractivity contribution < 1.29 is 0 Å². The lowest BCUT2D eigenvalue weighted by molar-refractivity contribution is 0.574. The van der Waals surface area contributed by atoms with Gasteiger partial charge in [0, 0.05) is 0 Å². The maximum Gasteiger partial charge on any atom is 0.232 e. The van der Waals surface area contributed by atoms with Crippen molar-refractivity contribution in [2.24, 2.45) is 0 Å². The molecule has 222 valence electrons. The van der Waals surface area contributed by atoms with Crippen LogP contribution in [0.25, 0.3) is 32.3 Å². The van der Waals surface area contributed by atoms with E-state index in [0.717, 1.165) is 0 Å². The minimum Gasteiger partial charge on any atom is -0.368 e. The molecule has 0 amide bonds. The van der Waals surface area contributed by atoms with E-state index in [-0.39, 0.29) is 24.1 Å². The molecule has 0 spiro atoms. The highest BCUT2D eigenvalue weighted by Gasteiger charge is 2.29. The van der Waals surface area contributed by atoms with Crippen LogP contribution < -0.4 is 16.0 Å². The van der Waals surface area contributed by atoms with Crippen LogP contribution >= 0.6 is 0 Å². The van der Waals surface area contributed by atoms with E-state index in [0.29, 0.717) is 11.9 Å². The van der Waals surface area contributed by atoms with Gasteiger partial charge in [-0.1, -0.05) is 127 Å². The number of nitrogens with two attached hydrogens (primary N) is 1. The highest BCUT2D eigenvalue weighted by molar-refractivity contribution is 5.88. The summed E-state index contributed by atoms with van der Waals surface area (Å²) in [5, 5.41) is 10.7. The fourth-order valence-corrected chi connectivity index (χ4v) is 6.67. The number of anilines is 3. The van der Waals surface area contributed by atoms with Gasteiger partial charge in [0.05, 0.1) is 18.1 Å². The average molecular weight is 589 g/mol. The first-order chi connectivity index (χ1) is 22.0. The summed E-state index contributed by atoms with van der Waals surface area (Å²) in [6, 6.07) is 44.5. The highest BCUT2D eigenvalue weighted by Crippen LogP contribution is 2.39. The van der Waals surface area contributed by atoms with Crippen LogP contribution in [0.2, 0.25) is 0 Å². The SMILES string of the molecule is C[C@H](c1cccc2ccccc12)N(c1nc(N)nc(N[C@H](C)c2cccc3ccccc23)n1)[C@@H](C)c1cccc2ccccc12. The molecule has 0 aliphatic heterocycles. The Morgan fingerprint density at radius 2 is 0.933 bits per heavy atom. The highest BCUT2D eigenvalue weighted by atomic mass is 15.3. The molecule has 0 saturated carbocycles. The van der Waals surface area contributed by atoms with Crippen molar-refractivity contribution in [2.75, 3.05) is 16.0 Å². The van der Waals surface area contributed by atoms with Crippen LogP contribution in [0.4, 0.5) is 17.8 Å². The molecule has 1 heterocycles. The predicted octanol–water partition coefficient (Wildman–Crippen LogP) is 9.42. The minimum absolute atomic E-state index is 0.0646. The van der Waals surface area contributed by atoms with E-state index in [1.165, 1.54) is 49.0 Å². The summed E-state index contributed by atoms with van der Waals surface area (Å²) < 4.78 is 0. The van der Waals surface area contributed by atoms with Gasteiger partial charge in [0.1, 0.15) is 0 Å². The average Bonchev–Trinajstić information content (AvgIpc) is 3.07. The summed E-state index contributed by atoms with van der Waals surface area (Å²) in [7, 11) is 0. The molecular formula is C39H36N6. The monoisotopic (exact) mass is 588 g/mol. The summed E-state index contributed by atoms with van der Waals surface area (Å²) in [6.45, 7) is 6.56. The zero-order valence-electron chi connectivity index (χ0n) is 25.7. The third-order valence-corrected chi connectivity index (χ3v) is 8.89. The Balaban J connectivity index is 1.34. The minimum atomic E-state index is -0.0878. The van der Waals surface area contributed by atoms with E-state index in [1.54, 1.807) is 0 Å². The molecule has 6 heteroatoms. The number of nitrogen functional groups attached to an aromatic ring is 1.